The predicted molar refractivity (Wildman–Crippen MR) is 303 cm³/mol. The van der Waals surface area contributed by atoms with Gasteiger partial charge in [-0.2, -0.15) is 0 Å². The fourth-order valence-corrected chi connectivity index (χ4v) is 8.12. The fraction of sp³-hybridized carbons (Fsp3) is 0.714. The summed E-state index contributed by atoms with van der Waals surface area (Å²) in [5.41, 5.74) is 0. The van der Waals surface area contributed by atoms with E-state index in [0.29, 0.717) is 51.3 Å². The Kier molecular flexibility index (Phi) is 54.3. The van der Waals surface area contributed by atoms with Crippen molar-refractivity contribution < 1.29 is 28.9 Å². The zero-order valence-corrected chi connectivity index (χ0v) is 45.9. The number of hydrogen-bond donors (Lipinski definition) is 1. The number of unbranched alkanes of at least 4 members (excludes halogenated alkanes) is 10. The summed E-state index contributed by atoms with van der Waals surface area (Å²) in [5, 5.41) is 9.39. The molecule has 0 spiro atoms. The Morgan fingerprint density at radius 3 is 1.27 bits per heavy atom. The van der Waals surface area contributed by atoms with Crippen molar-refractivity contribution in [2.45, 2.75) is 245 Å². The molecule has 0 saturated heterocycles. The second-order valence-corrected chi connectivity index (χ2v) is 18.8. The van der Waals surface area contributed by atoms with Crippen molar-refractivity contribution >= 4 is 11.8 Å². The van der Waals surface area contributed by atoms with E-state index in [2.05, 4.69) is 130 Å². The summed E-state index contributed by atoms with van der Waals surface area (Å²) < 4.78 is 18.2. The highest BCUT2D eigenvalue weighted by Gasteiger charge is 2.14. The van der Waals surface area contributed by atoms with Gasteiger partial charge < -0.3 is 24.2 Å². The number of allylic oxidation sites excluding steroid dienone is 14. The molecule has 0 heterocycles. The van der Waals surface area contributed by atoms with E-state index >= 15 is 0 Å². The van der Waals surface area contributed by atoms with Crippen molar-refractivity contribution in [2.24, 2.45) is 0 Å². The first kappa shape index (κ1) is 66.9. The van der Waals surface area contributed by atoms with Gasteiger partial charge in [0, 0.05) is 25.9 Å². The van der Waals surface area contributed by atoms with Gasteiger partial charge >= 0.3 is 5.97 Å². The Bertz CT molecular complexity index is 1210. The van der Waals surface area contributed by atoms with Crippen LogP contribution in [-0.4, -0.2) is 80.0 Å². The average molecular weight is 977 g/mol. The van der Waals surface area contributed by atoms with Crippen LogP contribution in [-0.2, 0) is 23.8 Å². The number of rotatable bonds is 53. The molecule has 0 amide bonds. The van der Waals surface area contributed by atoms with Crippen molar-refractivity contribution in [1.29, 1.82) is 0 Å². The summed E-state index contributed by atoms with van der Waals surface area (Å²) in [7, 11) is 0. The SMILES string of the molecule is CC/C=C/C/C=C/CCCC(CCC(=O)CCCCCCCN(CCCCO)CCCCCCOC(=O)CCC(CCC/C=C/C/C=C/CC)OCC/C=C/C/C=C/CC)OCC/C=C/C/C=C/CC. The standard InChI is InChI=1S/C63H109NO6/c1-5-9-13-17-21-23-29-37-47-61(68-57-43-33-25-19-15-11-7-3)50-49-60(66)46-36-28-27-31-39-53-64(55-41-42-56-65)54-40-32-35-45-59-70-63(67)52-51-62(48-38-30-24-22-18-14-10-6-2)69-58-44-34-26-20-16-12-8-4/h9-16,21-26,33-34,61-62,65H,5-8,17-20,27-32,35-59H2,1-4H3/b13-9+,14-10+,15-11+,16-12+,23-21+,24-22+,33-25+,34-26+. The van der Waals surface area contributed by atoms with Crippen LogP contribution in [0, 0.1) is 0 Å². The van der Waals surface area contributed by atoms with Gasteiger partial charge in [-0.3, -0.25) is 9.59 Å². The highest BCUT2D eigenvalue weighted by Crippen LogP contribution is 2.17. The van der Waals surface area contributed by atoms with Crippen LogP contribution < -0.4 is 0 Å². The summed E-state index contributed by atoms with van der Waals surface area (Å²) in [6.45, 7) is 14.0. The molecule has 0 aromatic heterocycles. The fourth-order valence-electron chi connectivity index (χ4n) is 8.12. The molecule has 1 N–H and O–H groups in total. The first-order chi connectivity index (χ1) is 34.5. The maximum Gasteiger partial charge on any atom is 0.305 e. The summed E-state index contributed by atoms with van der Waals surface area (Å²) in [6.07, 6.45) is 67.0. The molecule has 0 aliphatic heterocycles. The maximum absolute atomic E-state index is 12.9. The number of ether oxygens (including phenoxy) is 3. The van der Waals surface area contributed by atoms with Crippen LogP contribution in [0.25, 0.3) is 0 Å². The molecule has 7 nitrogen and oxygen atoms in total. The van der Waals surface area contributed by atoms with Crippen molar-refractivity contribution in [1.82, 2.24) is 4.90 Å². The molecule has 0 aliphatic rings. The van der Waals surface area contributed by atoms with Crippen LogP contribution in [0.15, 0.2) is 97.2 Å². The molecule has 2 unspecified atom stereocenters. The third-order valence-electron chi connectivity index (χ3n) is 12.3. The minimum Gasteiger partial charge on any atom is -0.466 e. The molecule has 0 rings (SSSR count). The highest BCUT2D eigenvalue weighted by molar-refractivity contribution is 5.78. The molecule has 7 heteroatoms. The predicted octanol–water partition coefficient (Wildman–Crippen LogP) is 17.2. The third-order valence-corrected chi connectivity index (χ3v) is 12.3. The van der Waals surface area contributed by atoms with Crippen LogP contribution in [0.3, 0.4) is 0 Å². The number of aliphatic hydroxyl groups is 1. The summed E-state index contributed by atoms with van der Waals surface area (Å²) in [5.74, 6) is 0.273. The largest absolute Gasteiger partial charge is 0.466 e. The number of carbonyl (C=O) groups is 2. The minimum absolute atomic E-state index is 0.0766. The number of esters is 1. The molecule has 0 bridgehead atoms. The van der Waals surface area contributed by atoms with Gasteiger partial charge in [-0.1, -0.05) is 157 Å². The quantitative estimate of drug-likeness (QED) is 0.0369. The number of ketones is 1. The molecule has 70 heavy (non-hydrogen) atoms. The lowest BCUT2D eigenvalue weighted by Crippen LogP contribution is -2.27. The summed E-state index contributed by atoms with van der Waals surface area (Å²) in [4.78, 5) is 28.2. The van der Waals surface area contributed by atoms with Crippen molar-refractivity contribution in [2.75, 3.05) is 46.1 Å². The Balaban J connectivity index is 4.51. The number of Topliss-reactive ketones (excluding diaryl/α,β-unsaturated/α-hetero) is 1. The first-order valence-corrected chi connectivity index (χ1v) is 28.9. The molecule has 0 aromatic carbocycles. The lowest BCUT2D eigenvalue weighted by Gasteiger charge is -2.22. The minimum atomic E-state index is -0.110. The topological polar surface area (TPSA) is 85.3 Å². The second kappa shape index (κ2) is 56.8. The van der Waals surface area contributed by atoms with E-state index in [4.69, 9.17) is 14.2 Å². The number of aliphatic hydroxyl groups excluding tert-OH is 1. The molecular formula is C63H109NO6. The lowest BCUT2D eigenvalue weighted by molar-refractivity contribution is -0.144. The Labute approximate surface area is 432 Å². The second-order valence-electron chi connectivity index (χ2n) is 18.8. The first-order valence-electron chi connectivity index (χ1n) is 28.9. The van der Waals surface area contributed by atoms with E-state index in [0.717, 1.165) is 180 Å². The van der Waals surface area contributed by atoms with Gasteiger partial charge in [0.25, 0.3) is 0 Å². The van der Waals surface area contributed by atoms with Crippen molar-refractivity contribution in [3.63, 3.8) is 0 Å². The molecule has 402 valence electrons. The third kappa shape index (κ3) is 51.3. The zero-order valence-electron chi connectivity index (χ0n) is 45.9. The Morgan fingerprint density at radius 1 is 0.400 bits per heavy atom. The van der Waals surface area contributed by atoms with Gasteiger partial charge in [0.05, 0.1) is 32.0 Å². The summed E-state index contributed by atoms with van der Waals surface area (Å²) >= 11 is 0. The van der Waals surface area contributed by atoms with E-state index in [1.807, 2.05) is 0 Å². The van der Waals surface area contributed by atoms with Crippen molar-refractivity contribution in [3.8, 4) is 0 Å². The van der Waals surface area contributed by atoms with Crippen LogP contribution in [0.2, 0.25) is 0 Å². The molecule has 0 aliphatic carbocycles. The number of nitrogens with zero attached hydrogens (tertiary/aromatic N) is 1. The van der Waals surface area contributed by atoms with E-state index in [1.165, 1.54) is 19.3 Å². The van der Waals surface area contributed by atoms with Gasteiger partial charge in [-0.25, -0.2) is 0 Å². The monoisotopic (exact) mass is 976 g/mol. The summed E-state index contributed by atoms with van der Waals surface area (Å²) in [6, 6.07) is 0. The van der Waals surface area contributed by atoms with Crippen molar-refractivity contribution in [3.05, 3.63) is 97.2 Å². The Hall–Kier alpha value is -3.10. The molecule has 0 fully saturated rings. The molecular weight excluding hydrogens is 867 g/mol. The van der Waals surface area contributed by atoms with E-state index in [9.17, 15) is 14.7 Å². The maximum atomic E-state index is 12.9. The van der Waals surface area contributed by atoms with Crippen LogP contribution in [0.5, 0.6) is 0 Å². The molecule has 0 radical (unpaired) electrons. The van der Waals surface area contributed by atoms with E-state index in [-0.39, 0.29) is 24.8 Å². The normalized spacial score (nSPS) is 13.5. The number of hydrogen-bond acceptors (Lipinski definition) is 7. The van der Waals surface area contributed by atoms with Gasteiger partial charge in [0.1, 0.15) is 5.78 Å². The number of carbonyl (C=O) groups excluding carboxylic acids is 2. The molecule has 2 atom stereocenters. The average Bonchev–Trinajstić information content (AvgIpc) is 3.36. The van der Waals surface area contributed by atoms with Crippen LogP contribution >= 0.6 is 0 Å². The van der Waals surface area contributed by atoms with Gasteiger partial charge in [-0.15, -0.1) is 0 Å². The lowest BCUT2D eigenvalue weighted by atomic mass is 10.0. The van der Waals surface area contributed by atoms with Gasteiger partial charge in [0.15, 0.2) is 0 Å². The van der Waals surface area contributed by atoms with Crippen LogP contribution in [0.1, 0.15) is 233 Å². The van der Waals surface area contributed by atoms with E-state index < -0.39 is 0 Å². The zero-order chi connectivity index (χ0) is 50.9. The van der Waals surface area contributed by atoms with Crippen LogP contribution in [0.4, 0.5) is 0 Å². The van der Waals surface area contributed by atoms with Gasteiger partial charge in [0.2, 0.25) is 0 Å². The molecule has 0 aromatic rings. The van der Waals surface area contributed by atoms with Gasteiger partial charge in [-0.05, 0) is 174 Å². The smallest absolute Gasteiger partial charge is 0.305 e. The van der Waals surface area contributed by atoms with E-state index in [1.54, 1.807) is 0 Å². The Morgan fingerprint density at radius 2 is 0.800 bits per heavy atom. The highest BCUT2D eigenvalue weighted by atomic mass is 16.5. The molecule has 0 saturated carbocycles.